The molecular formula is C17H22FNO. The van der Waals surface area contributed by atoms with Crippen molar-refractivity contribution in [3.8, 4) is 11.8 Å². The summed E-state index contributed by atoms with van der Waals surface area (Å²) in [5.41, 5.74) is 1.56. The number of aliphatic hydroxyl groups excluding tert-OH is 1. The van der Waals surface area contributed by atoms with Crippen molar-refractivity contribution in [3.05, 3.63) is 35.1 Å². The van der Waals surface area contributed by atoms with Gasteiger partial charge in [-0.3, -0.25) is 4.90 Å². The highest BCUT2D eigenvalue weighted by molar-refractivity contribution is 5.37. The van der Waals surface area contributed by atoms with Crippen molar-refractivity contribution in [3.63, 3.8) is 0 Å². The highest BCUT2D eigenvalue weighted by Gasteiger charge is 2.31. The van der Waals surface area contributed by atoms with E-state index in [-0.39, 0.29) is 18.0 Å². The summed E-state index contributed by atoms with van der Waals surface area (Å²) < 4.78 is 14.1. The number of rotatable bonds is 3. The van der Waals surface area contributed by atoms with E-state index >= 15 is 0 Å². The van der Waals surface area contributed by atoms with Gasteiger partial charge in [0.15, 0.2) is 0 Å². The van der Waals surface area contributed by atoms with Gasteiger partial charge in [0.2, 0.25) is 0 Å². The van der Waals surface area contributed by atoms with Gasteiger partial charge < -0.3 is 5.11 Å². The van der Waals surface area contributed by atoms with E-state index in [4.69, 9.17) is 5.11 Å². The van der Waals surface area contributed by atoms with Gasteiger partial charge in [-0.15, -0.1) is 0 Å². The van der Waals surface area contributed by atoms with E-state index in [2.05, 4.69) is 30.6 Å². The smallest absolute Gasteiger partial charge is 0.128 e. The maximum absolute atomic E-state index is 14.1. The van der Waals surface area contributed by atoms with Crippen molar-refractivity contribution in [2.75, 3.05) is 13.2 Å². The van der Waals surface area contributed by atoms with Gasteiger partial charge in [-0.05, 0) is 45.4 Å². The van der Waals surface area contributed by atoms with Crippen LogP contribution in [0.1, 0.15) is 44.2 Å². The Morgan fingerprint density at radius 1 is 1.40 bits per heavy atom. The largest absolute Gasteiger partial charge is 0.395 e. The third-order valence-corrected chi connectivity index (χ3v) is 3.96. The number of hydrogen-bond donors (Lipinski definition) is 1. The average molecular weight is 275 g/mol. The van der Waals surface area contributed by atoms with Crippen LogP contribution in [0.15, 0.2) is 18.2 Å². The van der Waals surface area contributed by atoms with Gasteiger partial charge in [0.25, 0.3) is 0 Å². The van der Waals surface area contributed by atoms with Crippen LogP contribution >= 0.6 is 0 Å². The molecule has 1 aromatic carbocycles. The van der Waals surface area contributed by atoms with E-state index in [0.717, 1.165) is 12.1 Å². The predicted molar refractivity (Wildman–Crippen MR) is 78.7 cm³/mol. The molecule has 3 heteroatoms. The van der Waals surface area contributed by atoms with E-state index in [1.165, 1.54) is 18.9 Å². The number of nitrogens with zero attached hydrogens (tertiary/aromatic N) is 1. The lowest BCUT2D eigenvalue weighted by Gasteiger charge is -2.31. The van der Waals surface area contributed by atoms with Crippen LogP contribution < -0.4 is 0 Å². The van der Waals surface area contributed by atoms with Gasteiger partial charge in [0.1, 0.15) is 5.82 Å². The second kappa shape index (κ2) is 6.39. The van der Waals surface area contributed by atoms with Gasteiger partial charge in [-0.25, -0.2) is 4.39 Å². The molecule has 0 aromatic heterocycles. The molecule has 1 aliphatic heterocycles. The van der Waals surface area contributed by atoms with Crippen molar-refractivity contribution in [2.24, 2.45) is 0 Å². The third-order valence-electron chi connectivity index (χ3n) is 3.96. The summed E-state index contributed by atoms with van der Waals surface area (Å²) in [5.74, 6) is 5.48. The molecule has 0 aliphatic carbocycles. The van der Waals surface area contributed by atoms with Crippen LogP contribution in [-0.2, 0) is 6.54 Å². The molecular weight excluding hydrogens is 253 g/mol. The predicted octanol–water partition coefficient (Wildman–Crippen LogP) is 2.93. The maximum atomic E-state index is 14.1. The number of benzene rings is 1. The number of aliphatic hydroxyl groups is 1. The molecule has 2 rings (SSSR count). The summed E-state index contributed by atoms with van der Waals surface area (Å²) in [6.07, 6.45) is 2.77. The molecule has 20 heavy (non-hydrogen) atoms. The zero-order valence-electron chi connectivity index (χ0n) is 12.2. The molecule has 1 aliphatic rings. The molecule has 0 unspecified atom stereocenters. The van der Waals surface area contributed by atoms with Crippen molar-refractivity contribution in [2.45, 2.75) is 45.2 Å². The van der Waals surface area contributed by atoms with Gasteiger partial charge in [-0.1, -0.05) is 17.9 Å². The molecule has 1 N–H and O–H groups in total. The Morgan fingerprint density at radius 3 is 2.80 bits per heavy atom. The summed E-state index contributed by atoms with van der Waals surface area (Å²) in [7, 11) is 0. The molecule has 1 aromatic rings. The van der Waals surface area contributed by atoms with E-state index in [9.17, 15) is 4.39 Å². The Kier molecular flexibility index (Phi) is 4.80. The first-order valence-electron chi connectivity index (χ1n) is 7.16. The van der Waals surface area contributed by atoms with Crippen LogP contribution in [0.25, 0.3) is 0 Å². The molecule has 1 heterocycles. The summed E-state index contributed by atoms with van der Waals surface area (Å²) in [6, 6.07) is 5.17. The molecule has 0 amide bonds. The lowest BCUT2D eigenvalue weighted by atomic mass is 10.0. The minimum atomic E-state index is -0.191. The Bertz CT molecular complexity index is 528. The second-order valence-corrected chi connectivity index (χ2v) is 5.92. The van der Waals surface area contributed by atoms with Gasteiger partial charge in [0, 0.05) is 29.6 Å². The van der Waals surface area contributed by atoms with Crippen molar-refractivity contribution >= 4 is 0 Å². The first-order chi connectivity index (χ1) is 9.53. The molecule has 0 radical (unpaired) electrons. The van der Waals surface area contributed by atoms with Crippen LogP contribution in [0, 0.1) is 17.7 Å². The quantitative estimate of drug-likeness (QED) is 0.857. The Morgan fingerprint density at radius 2 is 2.20 bits per heavy atom. The average Bonchev–Trinajstić information content (AvgIpc) is 2.72. The van der Waals surface area contributed by atoms with E-state index in [1.807, 2.05) is 12.1 Å². The van der Waals surface area contributed by atoms with Crippen molar-refractivity contribution in [1.29, 1.82) is 0 Å². The number of halogens is 1. The highest BCUT2D eigenvalue weighted by Crippen LogP contribution is 2.30. The third kappa shape index (κ3) is 3.59. The molecule has 0 bridgehead atoms. The van der Waals surface area contributed by atoms with E-state index in [0.29, 0.717) is 18.5 Å². The van der Waals surface area contributed by atoms with Crippen molar-refractivity contribution < 1.29 is 9.50 Å². The summed E-state index contributed by atoms with van der Waals surface area (Å²) in [6.45, 7) is 6.16. The minimum absolute atomic E-state index is 0.0393. The first kappa shape index (κ1) is 15.0. The molecule has 108 valence electrons. The molecule has 0 spiro atoms. The Labute approximate surface area is 120 Å². The fourth-order valence-corrected chi connectivity index (χ4v) is 2.64. The standard InChI is InChI=1S/C17H22FNO/c1-17(2)9-5-10-19(17)13-15-8-7-14(12-16(15)18)6-3-4-11-20/h7-8,12,20H,4-5,9-11,13H2,1-2H3. The second-order valence-electron chi connectivity index (χ2n) is 5.92. The molecule has 2 nitrogen and oxygen atoms in total. The van der Waals surface area contributed by atoms with Crippen LogP contribution in [0.4, 0.5) is 4.39 Å². The number of likely N-dealkylation sites (tertiary alicyclic amines) is 1. The van der Waals surface area contributed by atoms with E-state index in [1.54, 1.807) is 0 Å². The lowest BCUT2D eigenvalue weighted by Crippen LogP contribution is -2.37. The SMILES string of the molecule is CC1(C)CCCN1Cc1ccc(C#CCCO)cc1F. The topological polar surface area (TPSA) is 23.5 Å². The molecule has 1 saturated heterocycles. The Balaban J connectivity index is 2.09. The Hall–Kier alpha value is -1.37. The van der Waals surface area contributed by atoms with Gasteiger partial charge in [0.05, 0.1) is 6.61 Å². The molecule has 0 atom stereocenters. The van der Waals surface area contributed by atoms with Gasteiger partial charge >= 0.3 is 0 Å². The van der Waals surface area contributed by atoms with Crippen LogP contribution in [-0.4, -0.2) is 28.7 Å². The lowest BCUT2D eigenvalue weighted by molar-refractivity contribution is 0.164. The van der Waals surface area contributed by atoms with E-state index < -0.39 is 0 Å². The highest BCUT2D eigenvalue weighted by atomic mass is 19.1. The maximum Gasteiger partial charge on any atom is 0.128 e. The zero-order chi connectivity index (χ0) is 14.6. The first-order valence-corrected chi connectivity index (χ1v) is 7.16. The summed E-state index contributed by atoms with van der Waals surface area (Å²) >= 11 is 0. The normalized spacial score (nSPS) is 17.8. The monoisotopic (exact) mass is 275 g/mol. The molecule has 0 saturated carbocycles. The zero-order valence-corrected chi connectivity index (χ0v) is 12.2. The van der Waals surface area contributed by atoms with Crippen molar-refractivity contribution in [1.82, 2.24) is 4.90 Å². The van der Waals surface area contributed by atoms with Crippen LogP contribution in [0.5, 0.6) is 0 Å². The van der Waals surface area contributed by atoms with Crippen LogP contribution in [0.2, 0.25) is 0 Å². The fourth-order valence-electron chi connectivity index (χ4n) is 2.64. The summed E-state index contributed by atoms with van der Waals surface area (Å²) in [5, 5.41) is 8.67. The summed E-state index contributed by atoms with van der Waals surface area (Å²) in [4.78, 5) is 2.34. The fraction of sp³-hybridized carbons (Fsp3) is 0.529. The van der Waals surface area contributed by atoms with Crippen LogP contribution in [0.3, 0.4) is 0 Å². The van der Waals surface area contributed by atoms with Gasteiger partial charge in [-0.2, -0.15) is 0 Å². The number of hydrogen-bond acceptors (Lipinski definition) is 2. The molecule has 1 fully saturated rings. The minimum Gasteiger partial charge on any atom is -0.395 e.